The SMILES string of the molecule is O=CCc1ccc(C2CCN(C(=O)OCc3ccccc3)CC2)cc1. The Morgan fingerprint density at radius 2 is 1.68 bits per heavy atom. The number of carbonyl (C=O) groups excluding carboxylic acids is 2. The molecule has 0 radical (unpaired) electrons. The Morgan fingerprint density at radius 3 is 2.32 bits per heavy atom. The van der Waals surface area contributed by atoms with E-state index in [0.29, 0.717) is 32.0 Å². The molecule has 1 amide bonds. The molecule has 0 bridgehead atoms. The van der Waals surface area contributed by atoms with E-state index in [0.717, 1.165) is 30.3 Å². The molecule has 3 rings (SSSR count). The Kier molecular flexibility index (Phi) is 5.83. The molecule has 1 saturated heterocycles. The number of hydrogen-bond donors (Lipinski definition) is 0. The molecule has 0 unspecified atom stereocenters. The van der Waals surface area contributed by atoms with Gasteiger partial charge in [-0.25, -0.2) is 4.79 Å². The summed E-state index contributed by atoms with van der Waals surface area (Å²) in [5.74, 6) is 0.462. The van der Waals surface area contributed by atoms with Crippen molar-refractivity contribution in [2.75, 3.05) is 13.1 Å². The van der Waals surface area contributed by atoms with Crippen LogP contribution in [0.2, 0.25) is 0 Å². The standard InChI is InChI=1S/C21H23NO3/c23-15-12-17-6-8-19(9-7-17)20-10-13-22(14-11-20)21(24)25-16-18-4-2-1-3-5-18/h1-9,15,20H,10-14,16H2. The van der Waals surface area contributed by atoms with E-state index in [1.54, 1.807) is 4.90 Å². The highest BCUT2D eigenvalue weighted by atomic mass is 16.6. The van der Waals surface area contributed by atoms with Crippen molar-refractivity contribution in [3.05, 3.63) is 71.3 Å². The van der Waals surface area contributed by atoms with Crippen LogP contribution in [0.5, 0.6) is 0 Å². The van der Waals surface area contributed by atoms with Gasteiger partial charge < -0.3 is 14.4 Å². The van der Waals surface area contributed by atoms with Crippen molar-refractivity contribution in [1.82, 2.24) is 4.90 Å². The van der Waals surface area contributed by atoms with Crippen molar-refractivity contribution < 1.29 is 14.3 Å². The van der Waals surface area contributed by atoms with E-state index >= 15 is 0 Å². The third-order valence-electron chi connectivity index (χ3n) is 4.73. The molecule has 0 spiro atoms. The summed E-state index contributed by atoms with van der Waals surface area (Å²) in [5.41, 5.74) is 3.33. The summed E-state index contributed by atoms with van der Waals surface area (Å²) in [5, 5.41) is 0. The van der Waals surface area contributed by atoms with Gasteiger partial charge in [0, 0.05) is 19.5 Å². The third kappa shape index (κ3) is 4.69. The van der Waals surface area contributed by atoms with Crippen LogP contribution in [0.15, 0.2) is 54.6 Å². The van der Waals surface area contributed by atoms with E-state index in [1.807, 2.05) is 42.5 Å². The average Bonchev–Trinajstić information content (AvgIpc) is 2.68. The molecule has 1 fully saturated rings. The predicted molar refractivity (Wildman–Crippen MR) is 96.4 cm³/mol. The maximum Gasteiger partial charge on any atom is 0.410 e. The minimum atomic E-state index is -0.233. The summed E-state index contributed by atoms with van der Waals surface area (Å²) in [6, 6.07) is 18.0. The van der Waals surface area contributed by atoms with Gasteiger partial charge in [-0.1, -0.05) is 54.6 Å². The Labute approximate surface area is 148 Å². The topological polar surface area (TPSA) is 46.6 Å². The Morgan fingerprint density at radius 1 is 1.00 bits per heavy atom. The lowest BCUT2D eigenvalue weighted by atomic mass is 9.89. The molecule has 0 aromatic heterocycles. The Bertz CT molecular complexity index is 689. The van der Waals surface area contributed by atoms with Crippen LogP contribution in [0.4, 0.5) is 4.79 Å². The molecular weight excluding hydrogens is 314 g/mol. The van der Waals surface area contributed by atoms with Crippen LogP contribution in [0, 0.1) is 0 Å². The maximum atomic E-state index is 12.2. The quantitative estimate of drug-likeness (QED) is 0.776. The number of piperidine rings is 1. The predicted octanol–water partition coefficient (Wildman–Crippen LogP) is 3.94. The fraction of sp³-hybridized carbons (Fsp3) is 0.333. The average molecular weight is 337 g/mol. The lowest BCUT2D eigenvalue weighted by Crippen LogP contribution is -2.38. The number of aldehydes is 1. The zero-order valence-electron chi connectivity index (χ0n) is 14.3. The maximum absolute atomic E-state index is 12.2. The number of rotatable bonds is 5. The van der Waals surface area contributed by atoms with Crippen LogP contribution in [0.25, 0.3) is 0 Å². The van der Waals surface area contributed by atoms with Gasteiger partial charge in [0.25, 0.3) is 0 Å². The second kappa shape index (κ2) is 8.47. The second-order valence-corrected chi connectivity index (χ2v) is 6.41. The fourth-order valence-electron chi connectivity index (χ4n) is 3.23. The first kappa shape index (κ1) is 17.2. The molecule has 25 heavy (non-hydrogen) atoms. The van der Waals surface area contributed by atoms with Crippen LogP contribution in [0.3, 0.4) is 0 Å². The van der Waals surface area contributed by atoms with E-state index in [4.69, 9.17) is 4.74 Å². The summed E-state index contributed by atoms with van der Waals surface area (Å²) in [7, 11) is 0. The molecule has 0 N–H and O–H groups in total. The van der Waals surface area contributed by atoms with Gasteiger partial charge in [0.1, 0.15) is 12.9 Å². The van der Waals surface area contributed by atoms with Gasteiger partial charge in [0.2, 0.25) is 0 Å². The van der Waals surface area contributed by atoms with Crippen molar-refractivity contribution in [2.45, 2.75) is 31.8 Å². The molecule has 1 aliphatic heterocycles. The van der Waals surface area contributed by atoms with Crippen LogP contribution in [-0.4, -0.2) is 30.4 Å². The first-order valence-electron chi connectivity index (χ1n) is 8.74. The van der Waals surface area contributed by atoms with Gasteiger partial charge in [-0.3, -0.25) is 0 Å². The highest BCUT2D eigenvalue weighted by molar-refractivity contribution is 5.67. The third-order valence-corrected chi connectivity index (χ3v) is 4.73. The van der Waals surface area contributed by atoms with E-state index < -0.39 is 0 Å². The fourth-order valence-corrected chi connectivity index (χ4v) is 3.23. The first-order valence-corrected chi connectivity index (χ1v) is 8.74. The van der Waals surface area contributed by atoms with Gasteiger partial charge in [-0.15, -0.1) is 0 Å². The Hall–Kier alpha value is -2.62. The number of benzene rings is 2. The molecular formula is C21H23NO3. The lowest BCUT2D eigenvalue weighted by molar-refractivity contribution is -0.107. The number of amides is 1. The van der Waals surface area contributed by atoms with Crippen LogP contribution >= 0.6 is 0 Å². The van der Waals surface area contributed by atoms with Crippen molar-refractivity contribution in [2.24, 2.45) is 0 Å². The largest absolute Gasteiger partial charge is 0.445 e. The number of likely N-dealkylation sites (tertiary alicyclic amines) is 1. The minimum absolute atomic E-state index is 0.233. The van der Waals surface area contributed by atoms with Gasteiger partial charge in [-0.2, -0.15) is 0 Å². The molecule has 2 aromatic rings. The molecule has 1 aliphatic rings. The molecule has 4 heteroatoms. The zero-order chi connectivity index (χ0) is 17.5. The molecule has 4 nitrogen and oxygen atoms in total. The normalized spacial score (nSPS) is 15.0. The monoisotopic (exact) mass is 337 g/mol. The van der Waals surface area contributed by atoms with Gasteiger partial charge in [0.05, 0.1) is 0 Å². The van der Waals surface area contributed by atoms with Gasteiger partial charge in [0.15, 0.2) is 0 Å². The summed E-state index contributed by atoms with van der Waals surface area (Å²) < 4.78 is 5.41. The van der Waals surface area contributed by atoms with Crippen molar-refractivity contribution in [3.8, 4) is 0 Å². The number of carbonyl (C=O) groups is 2. The van der Waals surface area contributed by atoms with E-state index in [1.165, 1.54) is 5.56 Å². The van der Waals surface area contributed by atoms with E-state index in [-0.39, 0.29) is 6.09 Å². The van der Waals surface area contributed by atoms with E-state index in [9.17, 15) is 9.59 Å². The molecule has 0 atom stereocenters. The van der Waals surface area contributed by atoms with Gasteiger partial charge in [-0.05, 0) is 35.4 Å². The highest BCUT2D eigenvalue weighted by Crippen LogP contribution is 2.28. The van der Waals surface area contributed by atoms with Crippen LogP contribution < -0.4 is 0 Å². The highest BCUT2D eigenvalue weighted by Gasteiger charge is 2.24. The molecule has 130 valence electrons. The van der Waals surface area contributed by atoms with Crippen LogP contribution in [0.1, 0.15) is 35.4 Å². The zero-order valence-corrected chi connectivity index (χ0v) is 14.3. The summed E-state index contributed by atoms with van der Waals surface area (Å²) in [6.07, 6.45) is 3.03. The van der Waals surface area contributed by atoms with Crippen LogP contribution in [-0.2, 0) is 22.6 Å². The van der Waals surface area contributed by atoms with Crippen molar-refractivity contribution >= 4 is 12.4 Å². The summed E-state index contributed by atoms with van der Waals surface area (Å²) in [4.78, 5) is 24.5. The van der Waals surface area contributed by atoms with E-state index in [2.05, 4.69) is 12.1 Å². The van der Waals surface area contributed by atoms with Gasteiger partial charge >= 0.3 is 6.09 Å². The second-order valence-electron chi connectivity index (χ2n) is 6.41. The first-order chi connectivity index (χ1) is 12.3. The minimum Gasteiger partial charge on any atom is -0.445 e. The Balaban J connectivity index is 1.47. The lowest BCUT2D eigenvalue weighted by Gasteiger charge is -2.31. The number of nitrogens with zero attached hydrogens (tertiary/aromatic N) is 1. The van der Waals surface area contributed by atoms with Crippen molar-refractivity contribution in [3.63, 3.8) is 0 Å². The molecule has 0 aliphatic carbocycles. The number of hydrogen-bond acceptors (Lipinski definition) is 3. The molecule has 1 heterocycles. The molecule has 2 aromatic carbocycles. The summed E-state index contributed by atoms with van der Waals surface area (Å²) >= 11 is 0. The molecule has 0 saturated carbocycles. The van der Waals surface area contributed by atoms with Crippen molar-refractivity contribution in [1.29, 1.82) is 0 Å². The number of ether oxygens (including phenoxy) is 1. The summed E-state index contributed by atoms with van der Waals surface area (Å²) in [6.45, 7) is 1.75. The smallest absolute Gasteiger partial charge is 0.410 e.